The fraction of sp³-hybridized carbons (Fsp3) is 0.0667. The summed E-state index contributed by atoms with van der Waals surface area (Å²) < 4.78 is 0. The highest BCUT2D eigenvalue weighted by Crippen LogP contribution is 2.26. The Morgan fingerprint density at radius 2 is 1.70 bits per heavy atom. The van der Waals surface area contributed by atoms with Crippen LogP contribution in [0.5, 0.6) is 0 Å². The van der Waals surface area contributed by atoms with Crippen LogP contribution in [0.25, 0.3) is 0 Å². The number of amides is 1. The van der Waals surface area contributed by atoms with Gasteiger partial charge in [0.15, 0.2) is 0 Å². The predicted octanol–water partition coefficient (Wildman–Crippen LogP) is 3.99. The Bertz CT molecular complexity index is 636. The fourth-order valence-corrected chi connectivity index (χ4v) is 2.38. The van der Waals surface area contributed by atoms with E-state index in [-0.39, 0.29) is 22.0 Å². The number of carbonyl (C=O) groups is 2. The average Bonchev–Trinajstić information content (AvgIpc) is 2.41. The highest BCUT2D eigenvalue weighted by atomic mass is 35.5. The third kappa shape index (κ3) is 3.18. The molecular formula is C15H11Cl2NO2. The van der Waals surface area contributed by atoms with Crippen molar-refractivity contribution in [2.75, 3.05) is 5.32 Å². The normalized spacial score (nSPS) is 10.1. The van der Waals surface area contributed by atoms with Crippen LogP contribution in [0.4, 0.5) is 5.69 Å². The molecule has 0 aromatic heterocycles. The highest BCUT2D eigenvalue weighted by Gasteiger charge is 2.15. The maximum absolute atomic E-state index is 12.2. The Balaban J connectivity index is 2.31. The summed E-state index contributed by atoms with van der Waals surface area (Å²) in [6, 6.07) is 11.9. The molecule has 3 nitrogen and oxygen atoms in total. The molecule has 1 amide bonds. The molecule has 2 rings (SSSR count). The Morgan fingerprint density at radius 1 is 1.05 bits per heavy atom. The lowest BCUT2D eigenvalue weighted by Crippen LogP contribution is -2.14. The Morgan fingerprint density at radius 3 is 2.35 bits per heavy atom. The smallest absolute Gasteiger partial charge is 0.258 e. The number of hydrogen-bond acceptors (Lipinski definition) is 2. The van der Waals surface area contributed by atoms with Crippen molar-refractivity contribution in [1.29, 1.82) is 0 Å². The van der Waals surface area contributed by atoms with Crippen molar-refractivity contribution < 1.29 is 9.59 Å². The van der Waals surface area contributed by atoms with Crippen LogP contribution in [-0.4, -0.2) is 12.2 Å². The fourth-order valence-electron chi connectivity index (χ4n) is 1.81. The molecule has 0 unspecified atom stereocenters. The Kier molecular flexibility index (Phi) is 4.77. The summed E-state index contributed by atoms with van der Waals surface area (Å²) in [6.45, 7) is 0. The van der Waals surface area contributed by atoms with E-state index in [1.807, 2.05) is 0 Å². The number of anilines is 1. The molecule has 0 saturated carbocycles. The molecule has 0 aliphatic carbocycles. The van der Waals surface area contributed by atoms with Crippen LogP contribution in [0.1, 0.15) is 15.9 Å². The van der Waals surface area contributed by atoms with E-state index in [1.54, 1.807) is 42.5 Å². The number of nitrogens with one attached hydrogen (secondary N) is 1. The second-order valence-corrected chi connectivity index (χ2v) is 4.89. The molecule has 0 saturated heterocycles. The molecule has 0 radical (unpaired) electrons. The van der Waals surface area contributed by atoms with Gasteiger partial charge in [-0.15, -0.1) is 0 Å². The third-order valence-electron chi connectivity index (χ3n) is 2.76. The minimum Gasteiger partial charge on any atom is -0.322 e. The van der Waals surface area contributed by atoms with E-state index in [9.17, 15) is 9.59 Å². The SMILES string of the molecule is O=CCc1ccccc1NC(=O)c1c(Cl)cccc1Cl. The first-order chi connectivity index (χ1) is 9.63. The van der Waals surface area contributed by atoms with Crippen molar-refractivity contribution in [3.05, 3.63) is 63.6 Å². The van der Waals surface area contributed by atoms with Gasteiger partial charge in [-0.2, -0.15) is 0 Å². The molecule has 102 valence electrons. The van der Waals surface area contributed by atoms with Gasteiger partial charge in [0.25, 0.3) is 5.91 Å². The number of aldehydes is 1. The number of halogens is 2. The molecule has 0 spiro atoms. The van der Waals surface area contributed by atoms with E-state index in [0.29, 0.717) is 5.69 Å². The topological polar surface area (TPSA) is 46.2 Å². The molecule has 1 N–H and O–H groups in total. The van der Waals surface area contributed by atoms with E-state index < -0.39 is 5.91 Å². The number of carbonyl (C=O) groups excluding carboxylic acids is 2. The third-order valence-corrected chi connectivity index (χ3v) is 3.39. The van der Waals surface area contributed by atoms with Crippen LogP contribution in [0.2, 0.25) is 10.0 Å². The Hall–Kier alpha value is -1.84. The second kappa shape index (κ2) is 6.55. The monoisotopic (exact) mass is 307 g/mol. The van der Waals surface area contributed by atoms with E-state index in [1.165, 1.54) is 0 Å². The molecule has 0 bridgehead atoms. The van der Waals surface area contributed by atoms with Crippen LogP contribution in [0.15, 0.2) is 42.5 Å². The summed E-state index contributed by atoms with van der Waals surface area (Å²) in [5, 5.41) is 3.29. The lowest BCUT2D eigenvalue weighted by molar-refractivity contribution is -0.107. The Labute approximate surface area is 126 Å². The lowest BCUT2D eigenvalue weighted by Gasteiger charge is -2.11. The molecule has 0 atom stereocenters. The standard InChI is InChI=1S/C15H11Cl2NO2/c16-11-5-3-6-12(17)14(11)15(20)18-13-7-2-1-4-10(13)8-9-19/h1-7,9H,8H2,(H,18,20). The van der Waals surface area contributed by atoms with Gasteiger partial charge in [-0.25, -0.2) is 0 Å². The second-order valence-electron chi connectivity index (χ2n) is 4.08. The van der Waals surface area contributed by atoms with Crippen LogP contribution >= 0.6 is 23.2 Å². The highest BCUT2D eigenvalue weighted by molar-refractivity contribution is 6.40. The largest absolute Gasteiger partial charge is 0.322 e. The first-order valence-electron chi connectivity index (χ1n) is 5.90. The quantitative estimate of drug-likeness (QED) is 0.868. The summed E-state index contributed by atoms with van der Waals surface area (Å²) in [7, 11) is 0. The molecule has 5 heteroatoms. The van der Waals surface area contributed by atoms with Gasteiger partial charge in [0.2, 0.25) is 0 Å². The van der Waals surface area contributed by atoms with Gasteiger partial charge in [0, 0.05) is 12.1 Å². The zero-order valence-corrected chi connectivity index (χ0v) is 11.9. The predicted molar refractivity (Wildman–Crippen MR) is 80.6 cm³/mol. The zero-order chi connectivity index (χ0) is 14.5. The zero-order valence-electron chi connectivity index (χ0n) is 10.4. The van der Waals surface area contributed by atoms with Crippen LogP contribution < -0.4 is 5.32 Å². The molecule has 0 heterocycles. The van der Waals surface area contributed by atoms with Gasteiger partial charge in [0.1, 0.15) is 6.29 Å². The average molecular weight is 308 g/mol. The van der Waals surface area contributed by atoms with E-state index in [0.717, 1.165) is 11.8 Å². The van der Waals surface area contributed by atoms with Gasteiger partial charge in [-0.05, 0) is 23.8 Å². The first kappa shape index (κ1) is 14.6. The number of rotatable bonds is 4. The van der Waals surface area contributed by atoms with Gasteiger partial charge in [-0.1, -0.05) is 47.5 Å². The van der Waals surface area contributed by atoms with Crippen LogP contribution in [-0.2, 0) is 11.2 Å². The number of benzene rings is 2. The molecule has 20 heavy (non-hydrogen) atoms. The summed E-state index contributed by atoms with van der Waals surface area (Å²) in [4.78, 5) is 22.9. The summed E-state index contributed by atoms with van der Waals surface area (Å²) in [6.07, 6.45) is 1.01. The van der Waals surface area contributed by atoms with Gasteiger partial charge in [0.05, 0.1) is 15.6 Å². The van der Waals surface area contributed by atoms with Crippen molar-refractivity contribution in [3.63, 3.8) is 0 Å². The molecule has 0 aliphatic heterocycles. The molecule has 2 aromatic carbocycles. The van der Waals surface area contributed by atoms with Crippen molar-refractivity contribution in [2.24, 2.45) is 0 Å². The lowest BCUT2D eigenvalue weighted by atomic mass is 10.1. The maximum atomic E-state index is 12.2. The summed E-state index contributed by atoms with van der Waals surface area (Å²) in [5.41, 5.74) is 1.52. The first-order valence-corrected chi connectivity index (χ1v) is 6.66. The molecule has 0 fully saturated rings. The molecule has 0 aliphatic rings. The summed E-state index contributed by atoms with van der Waals surface area (Å²) in [5.74, 6) is -0.404. The van der Waals surface area contributed by atoms with E-state index in [2.05, 4.69) is 5.32 Å². The molecule has 2 aromatic rings. The van der Waals surface area contributed by atoms with Gasteiger partial charge < -0.3 is 10.1 Å². The molecular weight excluding hydrogens is 297 g/mol. The number of para-hydroxylation sites is 1. The van der Waals surface area contributed by atoms with Crippen LogP contribution in [0.3, 0.4) is 0 Å². The van der Waals surface area contributed by atoms with Gasteiger partial charge in [-0.3, -0.25) is 4.79 Å². The summed E-state index contributed by atoms with van der Waals surface area (Å²) >= 11 is 12.0. The van der Waals surface area contributed by atoms with Gasteiger partial charge >= 0.3 is 0 Å². The minimum absolute atomic E-state index is 0.219. The van der Waals surface area contributed by atoms with Crippen molar-refractivity contribution >= 4 is 41.1 Å². The number of hydrogen-bond donors (Lipinski definition) is 1. The van der Waals surface area contributed by atoms with E-state index >= 15 is 0 Å². The van der Waals surface area contributed by atoms with E-state index in [4.69, 9.17) is 23.2 Å². The van der Waals surface area contributed by atoms with Crippen LogP contribution in [0, 0.1) is 0 Å². The van der Waals surface area contributed by atoms with Crippen molar-refractivity contribution in [3.8, 4) is 0 Å². The van der Waals surface area contributed by atoms with Crippen molar-refractivity contribution in [2.45, 2.75) is 6.42 Å². The van der Waals surface area contributed by atoms with Crippen molar-refractivity contribution in [1.82, 2.24) is 0 Å². The minimum atomic E-state index is -0.404. The maximum Gasteiger partial charge on any atom is 0.258 e.